The average Bonchev–Trinajstić information content (AvgIpc) is 3.98. The molecule has 0 aliphatic heterocycles. The molecule has 3 nitrogen and oxygen atoms in total. The standard InChI is InChI=1S/C66H44N2O/c1-2-19-47(53-24-7-13-32-62(53)68-63-33-14-8-25-54(63)55-26-9-15-34-64(55)68)46(18-1)43-36-38-44(39-37-43)67(45-40-41-52-50-22-4-3-20-48(50)49-21-5-6-23-51(49)60(52)42-45)61-31-12-10-27-56(61)58-29-17-30-59-57-28-11-16-35-65(57)69-66(58)59/h1-42,48,50H. The van der Waals surface area contributed by atoms with Crippen LogP contribution in [0.1, 0.15) is 23.0 Å². The SMILES string of the molecule is C1=CC2c3ccccc3-c3cc(N(c4ccc(-c5ccccc5-c5ccccc5-n5c6ccccc6c6ccccc65)cc4)c4ccccc4-c4cccc5c4oc4ccccc45)ccc3C2C=C1. The van der Waals surface area contributed by atoms with Crippen LogP contribution in [-0.4, -0.2) is 4.57 Å². The number of nitrogens with zero attached hydrogens (tertiary/aromatic N) is 2. The first kappa shape index (κ1) is 39.3. The largest absolute Gasteiger partial charge is 0.455 e. The van der Waals surface area contributed by atoms with Crippen LogP contribution in [0.4, 0.5) is 17.1 Å². The summed E-state index contributed by atoms with van der Waals surface area (Å²) in [6, 6.07) is 84.1. The zero-order valence-electron chi connectivity index (χ0n) is 37.7. The Balaban J connectivity index is 0.938. The van der Waals surface area contributed by atoms with Gasteiger partial charge in [0.15, 0.2) is 0 Å². The van der Waals surface area contributed by atoms with Gasteiger partial charge in [-0.1, -0.05) is 200 Å². The van der Waals surface area contributed by atoms with Gasteiger partial charge in [-0.15, -0.1) is 0 Å². The summed E-state index contributed by atoms with van der Waals surface area (Å²) in [5, 5.41) is 4.74. The first-order chi connectivity index (χ1) is 34.3. The van der Waals surface area contributed by atoms with Gasteiger partial charge in [0.2, 0.25) is 0 Å². The van der Waals surface area contributed by atoms with Gasteiger partial charge in [0.1, 0.15) is 11.2 Å². The molecule has 2 aromatic heterocycles. The number of fused-ring (bicyclic) bond motifs is 12. The second kappa shape index (κ2) is 15.9. The molecule has 0 fully saturated rings. The van der Waals surface area contributed by atoms with Gasteiger partial charge in [0.05, 0.1) is 22.4 Å². The lowest BCUT2D eigenvalue weighted by Crippen LogP contribution is -2.17. The topological polar surface area (TPSA) is 21.3 Å². The van der Waals surface area contributed by atoms with Crippen LogP contribution in [0.25, 0.3) is 93.9 Å². The van der Waals surface area contributed by atoms with Gasteiger partial charge < -0.3 is 13.9 Å². The predicted octanol–water partition coefficient (Wildman–Crippen LogP) is 18.1. The first-order valence-corrected chi connectivity index (χ1v) is 23.9. The molecule has 2 unspecified atom stereocenters. The highest BCUT2D eigenvalue weighted by molar-refractivity contribution is 6.12. The summed E-state index contributed by atoms with van der Waals surface area (Å²) in [7, 11) is 0. The number of aromatic nitrogens is 1. The van der Waals surface area contributed by atoms with Gasteiger partial charge in [0.25, 0.3) is 0 Å². The molecule has 2 atom stereocenters. The van der Waals surface area contributed by atoms with Crippen molar-refractivity contribution < 1.29 is 4.42 Å². The van der Waals surface area contributed by atoms with Crippen molar-refractivity contribution in [1.82, 2.24) is 4.57 Å². The third-order valence-corrected chi connectivity index (χ3v) is 14.6. The fourth-order valence-corrected chi connectivity index (χ4v) is 11.6. The molecule has 324 valence electrons. The Labute approximate surface area is 400 Å². The van der Waals surface area contributed by atoms with Crippen LogP contribution in [0.3, 0.4) is 0 Å². The van der Waals surface area contributed by atoms with Crippen molar-refractivity contribution in [3.8, 4) is 50.2 Å². The van der Waals surface area contributed by atoms with Gasteiger partial charge >= 0.3 is 0 Å². The van der Waals surface area contributed by atoms with Gasteiger partial charge in [-0.25, -0.2) is 0 Å². The van der Waals surface area contributed by atoms with Crippen molar-refractivity contribution in [3.63, 3.8) is 0 Å². The van der Waals surface area contributed by atoms with E-state index in [9.17, 15) is 0 Å². The molecule has 2 heterocycles. The molecule has 0 amide bonds. The lowest BCUT2D eigenvalue weighted by Gasteiger charge is -2.35. The van der Waals surface area contributed by atoms with Crippen LogP contribution < -0.4 is 4.90 Å². The van der Waals surface area contributed by atoms with Gasteiger partial charge in [-0.05, 0) is 93.5 Å². The Morgan fingerprint density at radius 2 is 0.913 bits per heavy atom. The number of rotatable bonds is 7. The van der Waals surface area contributed by atoms with Crippen LogP contribution in [0.5, 0.6) is 0 Å². The molecule has 14 rings (SSSR count). The minimum atomic E-state index is 0.278. The summed E-state index contributed by atoms with van der Waals surface area (Å²) in [6.45, 7) is 0. The van der Waals surface area contributed by atoms with Gasteiger partial charge in [-0.2, -0.15) is 0 Å². The van der Waals surface area contributed by atoms with E-state index in [2.05, 4.69) is 258 Å². The molecule has 0 N–H and O–H groups in total. The van der Waals surface area contributed by atoms with Crippen molar-refractivity contribution in [2.24, 2.45) is 0 Å². The van der Waals surface area contributed by atoms with E-state index in [4.69, 9.17) is 4.42 Å². The van der Waals surface area contributed by atoms with E-state index in [1.54, 1.807) is 0 Å². The molecule has 12 aromatic rings. The second-order valence-corrected chi connectivity index (χ2v) is 18.3. The van der Waals surface area contributed by atoms with Crippen LogP contribution in [-0.2, 0) is 0 Å². The maximum Gasteiger partial charge on any atom is 0.143 e. The Hall–Kier alpha value is -8.92. The molecule has 2 aliphatic rings. The Morgan fingerprint density at radius 1 is 0.362 bits per heavy atom. The molecule has 0 saturated heterocycles. The fourth-order valence-electron chi connectivity index (χ4n) is 11.6. The van der Waals surface area contributed by atoms with Crippen molar-refractivity contribution in [3.05, 3.63) is 266 Å². The average molecular weight is 881 g/mol. The summed E-state index contributed by atoms with van der Waals surface area (Å²) >= 11 is 0. The van der Waals surface area contributed by atoms with Gasteiger partial charge in [0, 0.05) is 61.4 Å². The molecule has 10 aromatic carbocycles. The quantitative estimate of drug-likeness (QED) is 0.159. The lowest BCUT2D eigenvalue weighted by molar-refractivity contribution is 0.670. The molecule has 0 radical (unpaired) electrons. The molecule has 0 bridgehead atoms. The Kier molecular flexibility index (Phi) is 9.03. The molecular formula is C66H44N2O. The van der Waals surface area contributed by atoms with E-state index in [0.29, 0.717) is 5.92 Å². The van der Waals surface area contributed by atoms with Gasteiger partial charge in [-0.3, -0.25) is 0 Å². The van der Waals surface area contributed by atoms with Crippen LogP contribution >= 0.6 is 0 Å². The molecular weight excluding hydrogens is 837 g/mol. The van der Waals surface area contributed by atoms with E-state index >= 15 is 0 Å². The highest BCUT2D eigenvalue weighted by atomic mass is 16.3. The van der Waals surface area contributed by atoms with Crippen molar-refractivity contribution in [2.75, 3.05) is 4.90 Å². The highest BCUT2D eigenvalue weighted by Gasteiger charge is 2.32. The summed E-state index contributed by atoms with van der Waals surface area (Å²) in [4.78, 5) is 2.44. The number of hydrogen-bond acceptors (Lipinski definition) is 2. The smallest absolute Gasteiger partial charge is 0.143 e. The fraction of sp³-hybridized carbons (Fsp3) is 0.0303. The monoisotopic (exact) mass is 880 g/mol. The maximum absolute atomic E-state index is 6.70. The summed E-state index contributed by atoms with van der Waals surface area (Å²) in [6.07, 6.45) is 9.14. The summed E-state index contributed by atoms with van der Waals surface area (Å²) in [5.74, 6) is 0.592. The number of furan rings is 1. The van der Waals surface area contributed by atoms with E-state index < -0.39 is 0 Å². The lowest BCUT2D eigenvalue weighted by atomic mass is 9.70. The van der Waals surface area contributed by atoms with Crippen LogP contribution in [0, 0.1) is 0 Å². The maximum atomic E-state index is 6.70. The summed E-state index contributed by atoms with van der Waals surface area (Å²) in [5.41, 5.74) is 20.7. The molecule has 69 heavy (non-hydrogen) atoms. The van der Waals surface area contributed by atoms with E-state index in [1.165, 1.54) is 60.8 Å². The van der Waals surface area contributed by atoms with Crippen molar-refractivity contribution in [1.29, 1.82) is 0 Å². The number of hydrogen-bond donors (Lipinski definition) is 0. The minimum Gasteiger partial charge on any atom is -0.455 e. The van der Waals surface area contributed by atoms with E-state index in [-0.39, 0.29) is 5.92 Å². The Morgan fingerprint density at radius 3 is 1.68 bits per heavy atom. The van der Waals surface area contributed by atoms with Crippen molar-refractivity contribution >= 4 is 60.8 Å². The molecule has 2 aliphatic carbocycles. The molecule has 0 spiro atoms. The van der Waals surface area contributed by atoms with Crippen molar-refractivity contribution in [2.45, 2.75) is 11.8 Å². The summed E-state index contributed by atoms with van der Waals surface area (Å²) < 4.78 is 9.13. The highest BCUT2D eigenvalue weighted by Crippen LogP contribution is 2.52. The predicted molar refractivity (Wildman–Crippen MR) is 288 cm³/mol. The third-order valence-electron chi connectivity index (χ3n) is 14.6. The normalized spacial score (nSPS) is 14.8. The molecule has 0 saturated carbocycles. The number of para-hydroxylation sites is 6. The van der Waals surface area contributed by atoms with Crippen LogP contribution in [0.15, 0.2) is 259 Å². The zero-order valence-corrected chi connectivity index (χ0v) is 37.7. The van der Waals surface area contributed by atoms with Crippen LogP contribution in [0.2, 0.25) is 0 Å². The molecule has 3 heteroatoms. The Bertz CT molecular complexity index is 4000. The first-order valence-electron chi connectivity index (χ1n) is 23.9. The van der Waals surface area contributed by atoms with E-state index in [1.807, 2.05) is 6.07 Å². The zero-order chi connectivity index (χ0) is 45.4. The minimum absolute atomic E-state index is 0.278. The van der Waals surface area contributed by atoms with E-state index in [0.717, 1.165) is 61.4 Å². The second-order valence-electron chi connectivity index (χ2n) is 18.3. The third kappa shape index (κ3) is 6.21. The number of benzene rings is 10. The number of allylic oxidation sites excluding steroid dienone is 4. The number of anilines is 3.